The van der Waals surface area contributed by atoms with Crippen LogP contribution in [-0.4, -0.2) is 25.3 Å². The molecule has 0 saturated carbocycles. The summed E-state index contributed by atoms with van der Waals surface area (Å²) in [6.45, 7) is 13.2. The smallest absolute Gasteiger partial charge is 0.125 e. The summed E-state index contributed by atoms with van der Waals surface area (Å²) in [5.74, 6) is 1.85. The van der Waals surface area contributed by atoms with E-state index in [1.54, 1.807) is 0 Å². The van der Waals surface area contributed by atoms with Crippen molar-refractivity contribution in [3.63, 3.8) is 0 Å². The molecule has 0 aliphatic heterocycles. The number of nitrogens with two attached hydrogens (primary N) is 2. The number of ether oxygens (including phenoxy) is 2. The van der Waals surface area contributed by atoms with Crippen LogP contribution in [-0.2, 0) is 0 Å². The Morgan fingerprint density at radius 2 is 0.923 bits per heavy atom. The van der Waals surface area contributed by atoms with Crippen LogP contribution in [0.15, 0.2) is 24.3 Å². The van der Waals surface area contributed by atoms with E-state index in [-0.39, 0.29) is 12.1 Å². The standard InChI is InChI=1S/C22H32N2O2/c1-13-7-19(8-14(2)21(13)25-11-17(5)23)20-9-15(3)22(16(4)10-20)26-12-18(6)24/h7-10,17-18H,11-12,23-24H2,1-6H3/t17-,18-/m0/s1. The van der Waals surface area contributed by atoms with Crippen molar-refractivity contribution in [3.8, 4) is 22.6 Å². The molecule has 4 nitrogen and oxygen atoms in total. The lowest BCUT2D eigenvalue weighted by molar-refractivity contribution is 0.292. The first-order valence-electron chi connectivity index (χ1n) is 9.18. The van der Waals surface area contributed by atoms with Crippen molar-refractivity contribution in [1.29, 1.82) is 0 Å². The van der Waals surface area contributed by atoms with E-state index in [9.17, 15) is 0 Å². The highest BCUT2D eigenvalue weighted by atomic mass is 16.5. The molecule has 0 aromatic heterocycles. The van der Waals surface area contributed by atoms with Gasteiger partial charge >= 0.3 is 0 Å². The van der Waals surface area contributed by atoms with Crippen LogP contribution in [0, 0.1) is 27.7 Å². The molecular formula is C22H32N2O2. The molecule has 0 heterocycles. The first-order chi connectivity index (χ1) is 12.2. The zero-order valence-electron chi connectivity index (χ0n) is 16.8. The monoisotopic (exact) mass is 356 g/mol. The summed E-state index contributed by atoms with van der Waals surface area (Å²) < 4.78 is 11.8. The fourth-order valence-corrected chi connectivity index (χ4v) is 3.12. The molecule has 0 bridgehead atoms. The van der Waals surface area contributed by atoms with Crippen LogP contribution < -0.4 is 20.9 Å². The number of benzene rings is 2. The van der Waals surface area contributed by atoms with Crippen molar-refractivity contribution in [3.05, 3.63) is 46.5 Å². The van der Waals surface area contributed by atoms with Gasteiger partial charge in [0.15, 0.2) is 0 Å². The van der Waals surface area contributed by atoms with Gasteiger partial charge in [-0.25, -0.2) is 0 Å². The Labute approximate surface area is 157 Å². The van der Waals surface area contributed by atoms with Crippen LogP contribution >= 0.6 is 0 Å². The van der Waals surface area contributed by atoms with Gasteiger partial charge in [-0.15, -0.1) is 0 Å². The molecule has 4 heteroatoms. The largest absolute Gasteiger partial charge is 0.491 e. The maximum atomic E-state index is 5.88. The summed E-state index contributed by atoms with van der Waals surface area (Å²) >= 11 is 0. The molecule has 0 saturated heterocycles. The molecule has 142 valence electrons. The van der Waals surface area contributed by atoms with Gasteiger partial charge in [0.1, 0.15) is 24.7 Å². The highest BCUT2D eigenvalue weighted by Crippen LogP contribution is 2.34. The van der Waals surface area contributed by atoms with Crippen molar-refractivity contribution in [1.82, 2.24) is 0 Å². The quantitative estimate of drug-likeness (QED) is 0.785. The lowest BCUT2D eigenvalue weighted by Gasteiger charge is -2.18. The Hall–Kier alpha value is -2.04. The Bertz CT molecular complexity index is 655. The van der Waals surface area contributed by atoms with Crippen molar-refractivity contribution in [2.45, 2.75) is 53.6 Å². The van der Waals surface area contributed by atoms with Gasteiger partial charge in [0, 0.05) is 12.1 Å². The second kappa shape index (κ2) is 8.56. The predicted molar refractivity (Wildman–Crippen MR) is 109 cm³/mol. The van der Waals surface area contributed by atoms with Crippen LogP contribution in [0.5, 0.6) is 11.5 Å². The summed E-state index contributed by atoms with van der Waals surface area (Å²) in [6.07, 6.45) is 0. The summed E-state index contributed by atoms with van der Waals surface area (Å²) in [5, 5.41) is 0. The lowest BCUT2D eigenvalue weighted by Crippen LogP contribution is -2.24. The first kappa shape index (κ1) is 20.3. The third kappa shape index (κ3) is 4.99. The second-order valence-corrected chi connectivity index (χ2v) is 7.45. The van der Waals surface area contributed by atoms with Crippen LogP contribution in [0.25, 0.3) is 11.1 Å². The van der Waals surface area contributed by atoms with Crippen LogP contribution in [0.1, 0.15) is 36.1 Å². The number of aryl methyl sites for hydroxylation is 4. The third-order valence-electron chi connectivity index (χ3n) is 4.24. The average Bonchev–Trinajstić information content (AvgIpc) is 2.52. The van der Waals surface area contributed by atoms with Crippen molar-refractivity contribution < 1.29 is 9.47 Å². The minimum Gasteiger partial charge on any atom is -0.491 e. The molecule has 0 aliphatic carbocycles. The van der Waals surface area contributed by atoms with E-state index >= 15 is 0 Å². The van der Waals surface area contributed by atoms with Gasteiger partial charge in [0.05, 0.1) is 0 Å². The van der Waals surface area contributed by atoms with Gasteiger partial charge in [-0.2, -0.15) is 0 Å². The van der Waals surface area contributed by atoms with Crippen molar-refractivity contribution in [2.75, 3.05) is 13.2 Å². The van der Waals surface area contributed by atoms with Crippen LogP contribution in [0.3, 0.4) is 0 Å². The van der Waals surface area contributed by atoms with Crippen molar-refractivity contribution in [2.24, 2.45) is 11.5 Å². The molecule has 0 fully saturated rings. The highest BCUT2D eigenvalue weighted by Gasteiger charge is 2.12. The maximum absolute atomic E-state index is 5.88. The molecule has 0 radical (unpaired) electrons. The lowest BCUT2D eigenvalue weighted by atomic mass is 9.96. The van der Waals surface area contributed by atoms with E-state index in [2.05, 4.69) is 52.0 Å². The molecule has 26 heavy (non-hydrogen) atoms. The normalized spacial score (nSPS) is 13.4. The average molecular weight is 357 g/mol. The van der Waals surface area contributed by atoms with E-state index < -0.39 is 0 Å². The predicted octanol–water partition coefficient (Wildman–Crippen LogP) is 4.04. The molecule has 2 aromatic carbocycles. The van der Waals surface area contributed by atoms with Gasteiger partial charge in [-0.3, -0.25) is 0 Å². The maximum Gasteiger partial charge on any atom is 0.125 e. The third-order valence-corrected chi connectivity index (χ3v) is 4.24. The SMILES string of the molecule is Cc1cc(-c2cc(C)c(OC[C@H](C)N)c(C)c2)cc(C)c1OC[C@H](C)N. The second-order valence-electron chi connectivity index (χ2n) is 7.45. The molecule has 4 N–H and O–H groups in total. The molecule has 0 aliphatic rings. The number of rotatable bonds is 7. The minimum atomic E-state index is 0.0163. The fourth-order valence-electron chi connectivity index (χ4n) is 3.12. The van der Waals surface area contributed by atoms with Crippen LogP contribution in [0.2, 0.25) is 0 Å². The molecule has 0 amide bonds. The van der Waals surface area contributed by atoms with Gasteiger partial charge in [-0.1, -0.05) is 0 Å². The summed E-state index contributed by atoms with van der Waals surface area (Å²) in [7, 11) is 0. The fraction of sp³-hybridized carbons (Fsp3) is 0.455. The van der Waals surface area contributed by atoms with E-state index in [1.807, 2.05) is 13.8 Å². The van der Waals surface area contributed by atoms with Gasteiger partial charge in [-0.05, 0) is 99.2 Å². The van der Waals surface area contributed by atoms with Crippen LogP contribution in [0.4, 0.5) is 0 Å². The topological polar surface area (TPSA) is 70.5 Å². The Morgan fingerprint density at radius 3 is 1.15 bits per heavy atom. The van der Waals surface area contributed by atoms with E-state index in [1.165, 1.54) is 11.1 Å². The number of hydrogen-bond donors (Lipinski definition) is 2. The Morgan fingerprint density at radius 1 is 0.654 bits per heavy atom. The Balaban J connectivity index is 2.34. The van der Waals surface area contributed by atoms with E-state index in [0.29, 0.717) is 13.2 Å². The highest BCUT2D eigenvalue weighted by molar-refractivity contribution is 5.70. The molecule has 2 atom stereocenters. The molecule has 2 rings (SSSR count). The van der Waals surface area contributed by atoms with E-state index in [4.69, 9.17) is 20.9 Å². The molecule has 0 spiro atoms. The first-order valence-corrected chi connectivity index (χ1v) is 9.18. The van der Waals surface area contributed by atoms with E-state index in [0.717, 1.165) is 33.8 Å². The summed E-state index contributed by atoms with van der Waals surface area (Å²) in [6, 6.07) is 8.70. The molecular weight excluding hydrogens is 324 g/mol. The minimum absolute atomic E-state index is 0.0163. The van der Waals surface area contributed by atoms with Crippen molar-refractivity contribution >= 4 is 0 Å². The number of hydrogen-bond acceptors (Lipinski definition) is 4. The molecule has 2 aromatic rings. The summed E-state index contributed by atoms with van der Waals surface area (Å²) in [5.41, 5.74) is 18.4. The molecule has 0 unspecified atom stereocenters. The summed E-state index contributed by atoms with van der Waals surface area (Å²) in [4.78, 5) is 0. The zero-order valence-corrected chi connectivity index (χ0v) is 16.8. The van der Waals surface area contributed by atoms with Gasteiger partial charge in [0.25, 0.3) is 0 Å². The van der Waals surface area contributed by atoms with Gasteiger partial charge < -0.3 is 20.9 Å². The van der Waals surface area contributed by atoms with Gasteiger partial charge in [0.2, 0.25) is 0 Å². The Kier molecular flexibility index (Phi) is 6.68. The zero-order chi connectivity index (χ0) is 19.4.